The van der Waals surface area contributed by atoms with E-state index in [-0.39, 0.29) is 5.97 Å². The summed E-state index contributed by atoms with van der Waals surface area (Å²) in [5.41, 5.74) is 3.41. The minimum Gasteiger partial charge on any atom is -0.497 e. The highest BCUT2D eigenvalue weighted by Gasteiger charge is 2.17. The van der Waals surface area contributed by atoms with Crippen molar-refractivity contribution < 1.29 is 14.3 Å². The van der Waals surface area contributed by atoms with Crippen LogP contribution in [-0.4, -0.2) is 35.0 Å². The molecule has 1 aromatic heterocycles. The van der Waals surface area contributed by atoms with E-state index >= 15 is 0 Å². The van der Waals surface area contributed by atoms with Crippen LogP contribution in [-0.2, 0) is 10.5 Å². The van der Waals surface area contributed by atoms with Gasteiger partial charge in [-0.05, 0) is 42.0 Å². The van der Waals surface area contributed by atoms with E-state index in [9.17, 15) is 4.79 Å². The lowest BCUT2D eigenvalue weighted by molar-refractivity contribution is 0.0600. The van der Waals surface area contributed by atoms with Gasteiger partial charge in [-0.2, -0.15) is 0 Å². The van der Waals surface area contributed by atoms with Crippen LogP contribution in [0.15, 0.2) is 84.0 Å². The molecule has 156 valence electrons. The quantitative estimate of drug-likeness (QED) is 0.302. The third kappa shape index (κ3) is 4.62. The number of thioether (sulfide) groups is 1. The van der Waals surface area contributed by atoms with Gasteiger partial charge in [-0.25, -0.2) is 4.79 Å². The number of nitrogens with zero attached hydrogens (tertiary/aromatic N) is 3. The van der Waals surface area contributed by atoms with Gasteiger partial charge in [0.05, 0.1) is 19.8 Å². The van der Waals surface area contributed by atoms with E-state index in [1.54, 1.807) is 24.9 Å². The number of carbonyl (C=O) groups excluding carboxylic acids is 1. The maximum absolute atomic E-state index is 11.8. The zero-order valence-electron chi connectivity index (χ0n) is 17.2. The zero-order valence-corrected chi connectivity index (χ0v) is 18.0. The lowest BCUT2D eigenvalue weighted by Gasteiger charge is -2.11. The second-order valence-corrected chi connectivity index (χ2v) is 7.63. The van der Waals surface area contributed by atoms with Crippen molar-refractivity contribution in [3.63, 3.8) is 0 Å². The van der Waals surface area contributed by atoms with Gasteiger partial charge in [-0.15, -0.1) is 10.2 Å². The van der Waals surface area contributed by atoms with E-state index in [1.165, 1.54) is 7.11 Å². The SMILES string of the molecule is COC(=O)c1cccc(CSc2nnc(-c3cccc(OC)c3)n2-c2ccccc2)c1. The molecule has 0 spiro atoms. The Morgan fingerprint density at radius 1 is 0.935 bits per heavy atom. The molecule has 0 N–H and O–H groups in total. The van der Waals surface area contributed by atoms with E-state index in [4.69, 9.17) is 9.47 Å². The van der Waals surface area contributed by atoms with E-state index in [0.29, 0.717) is 11.3 Å². The number of carbonyl (C=O) groups is 1. The van der Waals surface area contributed by atoms with Crippen LogP contribution in [0.3, 0.4) is 0 Å². The summed E-state index contributed by atoms with van der Waals surface area (Å²) in [5.74, 6) is 1.78. The van der Waals surface area contributed by atoms with Gasteiger partial charge < -0.3 is 9.47 Å². The highest BCUT2D eigenvalue weighted by Crippen LogP contribution is 2.31. The van der Waals surface area contributed by atoms with Crippen molar-refractivity contribution in [1.29, 1.82) is 0 Å². The summed E-state index contributed by atoms with van der Waals surface area (Å²) in [7, 11) is 3.02. The third-order valence-electron chi connectivity index (χ3n) is 4.69. The second kappa shape index (κ2) is 9.49. The molecule has 0 atom stereocenters. The first-order chi connectivity index (χ1) is 15.2. The minimum atomic E-state index is -0.348. The normalized spacial score (nSPS) is 10.6. The van der Waals surface area contributed by atoms with Gasteiger partial charge in [0.2, 0.25) is 0 Å². The van der Waals surface area contributed by atoms with Crippen LogP contribution in [0.25, 0.3) is 17.1 Å². The fourth-order valence-electron chi connectivity index (χ4n) is 3.18. The zero-order chi connectivity index (χ0) is 21.6. The number of esters is 1. The van der Waals surface area contributed by atoms with Crippen LogP contribution in [0.5, 0.6) is 5.75 Å². The molecule has 0 bridgehead atoms. The van der Waals surface area contributed by atoms with E-state index in [0.717, 1.165) is 33.5 Å². The molecule has 4 aromatic rings. The number of ether oxygens (including phenoxy) is 2. The fraction of sp³-hybridized carbons (Fsp3) is 0.125. The van der Waals surface area contributed by atoms with Crippen LogP contribution in [0, 0.1) is 0 Å². The lowest BCUT2D eigenvalue weighted by atomic mass is 10.1. The number of para-hydroxylation sites is 1. The summed E-state index contributed by atoms with van der Waals surface area (Å²) in [6.45, 7) is 0. The Bertz CT molecular complexity index is 1190. The summed E-state index contributed by atoms with van der Waals surface area (Å²) in [6.07, 6.45) is 0. The van der Waals surface area contributed by atoms with Crippen molar-refractivity contribution in [3.05, 3.63) is 90.0 Å². The van der Waals surface area contributed by atoms with Crippen molar-refractivity contribution in [3.8, 4) is 22.8 Å². The Morgan fingerprint density at radius 3 is 2.52 bits per heavy atom. The Hall–Kier alpha value is -3.58. The molecule has 6 nitrogen and oxygen atoms in total. The first kappa shape index (κ1) is 20.7. The predicted molar refractivity (Wildman–Crippen MR) is 121 cm³/mol. The minimum absolute atomic E-state index is 0.348. The van der Waals surface area contributed by atoms with Crippen LogP contribution < -0.4 is 4.74 Å². The number of rotatable bonds is 7. The van der Waals surface area contributed by atoms with Gasteiger partial charge >= 0.3 is 5.97 Å². The Morgan fingerprint density at radius 2 is 1.74 bits per heavy atom. The Kier molecular flexibility index (Phi) is 6.33. The molecule has 0 saturated carbocycles. The van der Waals surface area contributed by atoms with Crippen molar-refractivity contribution in [2.75, 3.05) is 14.2 Å². The van der Waals surface area contributed by atoms with E-state index in [1.807, 2.05) is 77.4 Å². The van der Waals surface area contributed by atoms with E-state index < -0.39 is 0 Å². The predicted octanol–water partition coefficient (Wildman–Crippen LogP) is 5.02. The summed E-state index contributed by atoms with van der Waals surface area (Å²) < 4.78 is 12.2. The van der Waals surface area contributed by atoms with Crippen molar-refractivity contribution in [1.82, 2.24) is 14.8 Å². The molecule has 0 fully saturated rings. The molecule has 3 aromatic carbocycles. The molecular weight excluding hydrogens is 410 g/mol. The van der Waals surface area contributed by atoms with Crippen molar-refractivity contribution >= 4 is 17.7 Å². The second-order valence-electron chi connectivity index (χ2n) is 6.69. The summed E-state index contributed by atoms with van der Waals surface area (Å²) in [6, 6.07) is 25.2. The smallest absolute Gasteiger partial charge is 0.337 e. The highest BCUT2D eigenvalue weighted by molar-refractivity contribution is 7.98. The molecule has 0 saturated heterocycles. The van der Waals surface area contributed by atoms with Gasteiger partial charge in [0.25, 0.3) is 0 Å². The number of aromatic nitrogens is 3. The molecule has 4 rings (SSSR count). The van der Waals surface area contributed by atoms with Gasteiger partial charge in [0, 0.05) is 17.0 Å². The topological polar surface area (TPSA) is 66.2 Å². The summed E-state index contributed by atoms with van der Waals surface area (Å²) >= 11 is 1.55. The molecule has 0 aliphatic heterocycles. The average Bonchev–Trinajstić information content (AvgIpc) is 3.27. The standard InChI is InChI=1S/C24H21N3O3S/c1-29-21-13-7-9-18(15-21)22-25-26-24(27(22)20-11-4-3-5-12-20)31-16-17-8-6-10-19(14-17)23(28)30-2/h3-15H,16H2,1-2H3. The van der Waals surface area contributed by atoms with Crippen LogP contribution in [0.1, 0.15) is 15.9 Å². The Balaban J connectivity index is 1.68. The van der Waals surface area contributed by atoms with Gasteiger partial charge in [0.1, 0.15) is 5.75 Å². The first-order valence-corrected chi connectivity index (χ1v) is 10.6. The van der Waals surface area contributed by atoms with Gasteiger partial charge in [0.15, 0.2) is 11.0 Å². The van der Waals surface area contributed by atoms with E-state index in [2.05, 4.69) is 10.2 Å². The molecule has 0 radical (unpaired) electrons. The lowest BCUT2D eigenvalue weighted by Crippen LogP contribution is -2.02. The number of hydrogen-bond acceptors (Lipinski definition) is 6. The molecule has 0 aliphatic rings. The number of methoxy groups -OCH3 is 2. The number of benzene rings is 3. The highest BCUT2D eigenvalue weighted by atomic mass is 32.2. The molecule has 1 heterocycles. The molecule has 0 amide bonds. The summed E-state index contributed by atoms with van der Waals surface area (Å²) in [4.78, 5) is 11.8. The molecule has 31 heavy (non-hydrogen) atoms. The van der Waals surface area contributed by atoms with Crippen LogP contribution in [0.2, 0.25) is 0 Å². The van der Waals surface area contributed by atoms with Gasteiger partial charge in [-0.3, -0.25) is 4.57 Å². The molecule has 7 heteroatoms. The van der Waals surface area contributed by atoms with Crippen LogP contribution >= 0.6 is 11.8 Å². The van der Waals surface area contributed by atoms with Gasteiger partial charge in [-0.1, -0.05) is 54.2 Å². The fourth-order valence-corrected chi connectivity index (χ4v) is 4.07. The first-order valence-electron chi connectivity index (χ1n) is 9.65. The molecular formula is C24H21N3O3S. The Labute approximate surface area is 184 Å². The average molecular weight is 432 g/mol. The van der Waals surface area contributed by atoms with Crippen molar-refractivity contribution in [2.45, 2.75) is 10.9 Å². The third-order valence-corrected chi connectivity index (χ3v) is 5.69. The monoisotopic (exact) mass is 431 g/mol. The molecule has 0 aliphatic carbocycles. The molecule has 0 unspecified atom stereocenters. The largest absolute Gasteiger partial charge is 0.497 e. The number of hydrogen-bond donors (Lipinski definition) is 0. The maximum atomic E-state index is 11.8. The summed E-state index contributed by atoms with van der Waals surface area (Å²) in [5, 5.41) is 9.69. The maximum Gasteiger partial charge on any atom is 0.337 e. The van der Waals surface area contributed by atoms with Crippen LogP contribution in [0.4, 0.5) is 0 Å². The van der Waals surface area contributed by atoms with Crippen molar-refractivity contribution in [2.24, 2.45) is 0 Å².